The Labute approximate surface area is 98.4 Å². The summed E-state index contributed by atoms with van der Waals surface area (Å²) >= 11 is 6.57. The topological polar surface area (TPSA) is 55.8 Å². The maximum atomic E-state index is 10.2. The molecule has 0 aliphatic heterocycles. The monoisotopic (exact) mass is 343 g/mol. The second-order valence-corrected chi connectivity index (χ2v) is 4.62. The van der Waals surface area contributed by atoms with Crippen LogP contribution >= 0.6 is 40.1 Å². The van der Waals surface area contributed by atoms with Crippen molar-refractivity contribution in [2.75, 3.05) is 0 Å². The van der Waals surface area contributed by atoms with Gasteiger partial charge in [0.1, 0.15) is 0 Å². The molecule has 1 radical (unpaired) electrons. The largest absolute Gasteiger partial charge is 0.404 e. The third kappa shape index (κ3) is 3.00. The van der Waals surface area contributed by atoms with E-state index in [0.29, 0.717) is 10.2 Å². The highest BCUT2D eigenvalue weighted by Crippen LogP contribution is 2.36. The van der Waals surface area contributed by atoms with Crippen LogP contribution in [0, 0.1) is 6.92 Å². The molecule has 14 heavy (non-hydrogen) atoms. The molecule has 4 nitrogen and oxygen atoms in total. The maximum absolute atomic E-state index is 10.2. The van der Waals surface area contributed by atoms with Gasteiger partial charge in [0.05, 0.1) is 4.47 Å². The van der Waals surface area contributed by atoms with Gasteiger partial charge in [-0.15, -0.1) is 0 Å². The van der Waals surface area contributed by atoms with E-state index < -0.39 is 8.25 Å². The van der Waals surface area contributed by atoms with Gasteiger partial charge in [0.25, 0.3) is 0 Å². The lowest BCUT2D eigenvalue weighted by atomic mass is 10.2. The van der Waals surface area contributed by atoms with E-state index in [0.717, 1.165) is 10.0 Å². The van der Waals surface area contributed by atoms with E-state index in [2.05, 4.69) is 41.4 Å². The highest BCUT2D eigenvalue weighted by Gasteiger charge is 2.09. The van der Waals surface area contributed by atoms with E-state index in [1.807, 2.05) is 6.92 Å². The molecule has 0 aliphatic carbocycles. The second kappa shape index (κ2) is 5.19. The van der Waals surface area contributed by atoms with Crippen molar-refractivity contribution in [2.24, 2.45) is 0 Å². The van der Waals surface area contributed by atoms with Crippen LogP contribution in [0.5, 0.6) is 5.75 Å². The van der Waals surface area contributed by atoms with Gasteiger partial charge in [-0.1, -0.05) is 10.7 Å². The van der Waals surface area contributed by atoms with Crippen molar-refractivity contribution in [1.82, 2.24) is 0 Å². The standard InChI is InChI=1S/C7H6Br2O4P/c1-4-2-3-5(7(9)6(4)8)12-13-14(10)11/h2-3H,1H3,(H,10,11). The molecule has 0 saturated heterocycles. The van der Waals surface area contributed by atoms with E-state index in [1.165, 1.54) is 0 Å². The van der Waals surface area contributed by atoms with Crippen LogP contribution in [0.1, 0.15) is 5.56 Å². The molecule has 0 amide bonds. The predicted molar refractivity (Wildman–Crippen MR) is 58.1 cm³/mol. The van der Waals surface area contributed by atoms with Crippen LogP contribution in [0.15, 0.2) is 21.1 Å². The zero-order chi connectivity index (χ0) is 10.7. The van der Waals surface area contributed by atoms with Crippen LogP contribution in [-0.2, 0) is 9.24 Å². The molecule has 7 heteroatoms. The molecule has 0 aromatic heterocycles. The summed E-state index contributed by atoms with van der Waals surface area (Å²) in [6.07, 6.45) is 0. The molecule has 1 aromatic carbocycles. The SMILES string of the molecule is Cc1ccc(OO[P](=O)O)c(Br)c1Br. The highest BCUT2D eigenvalue weighted by atomic mass is 79.9. The molecule has 0 fully saturated rings. The van der Waals surface area contributed by atoms with Crippen LogP contribution in [0.4, 0.5) is 0 Å². The summed E-state index contributed by atoms with van der Waals surface area (Å²) in [5, 5.41) is 0. The van der Waals surface area contributed by atoms with Crippen LogP contribution in [0.2, 0.25) is 0 Å². The maximum Gasteiger partial charge on any atom is 0.404 e. The molecule has 1 N–H and O–H groups in total. The van der Waals surface area contributed by atoms with E-state index >= 15 is 0 Å². The quantitative estimate of drug-likeness (QED) is 0.518. The van der Waals surface area contributed by atoms with Gasteiger partial charge < -0.3 is 4.89 Å². The molecule has 0 bridgehead atoms. The fraction of sp³-hybridized carbons (Fsp3) is 0.143. The third-order valence-corrected chi connectivity index (χ3v) is 3.97. The number of hydrogen-bond acceptors (Lipinski definition) is 3. The van der Waals surface area contributed by atoms with Crippen molar-refractivity contribution >= 4 is 40.1 Å². The molecular weight excluding hydrogens is 339 g/mol. The summed E-state index contributed by atoms with van der Waals surface area (Å²) in [5.74, 6) is 0.333. The second-order valence-electron chi connectivity index (χ2n) is 2.40. The average molecular weight is 345 g/mol. The summed E-state index contributed by atoms with van der Waals surface area (Å²) in [5.41, 5.74) is 1.01. The molecule has 0 heterocycles. The summed E-state index contributed by atoms with van der Waals surface area (Å²) in [7, 11) is -2.76. The predicted octanol–water partition coefficient (Wildman–Crippen LogP) is 3.48. The minimum atomic E-state index is -2.76. The van der Waals surface area contributed by atoms with Crippen LogP contribution < -0.4 is 4.89 Å². The lowest BCUT2D eigenvalue weighted by Crippen LogP contribution is -1.91. The smallest absolute Gasteiger partial charge is 0.323 e. The van der Waals surface area contributed by atoms with E-state index in [-0.39, 0.29) is 0 Å². The number of aryl methyl sites for hydroxylation is 1. The lowest BCUT2D eigenvalue weighted by molar-refractivity contribution is -0.102. The first-order chi connectivity index (χ1) is 6.52. The zero-order valence-electron chi connectivity index (χ0n) is 7.03. The number of halogens is 2. The van der Waals surface area contributed by atoms with Crippen molar-refractivity contribution < 1.29 is 19.0 Å². The minimum Gasteiger partial charge on any atom is -0.323 e. The Hall–Kier alpha value is -0.000000000000000111. The molecule has 1 rings (SSSR count). The van der Waals surface area contributed by atoms with E-state index in [9.17, 15) is 4.57 Å². The minimum absolute atomic E-state index is 0.333. The highest BCUT2D eigenvalue weighted by molar-refractivity contribution is 9.13. The molecular formula is C7H6Br2O4P. The van der Waals surface area contributed by atoms with Crippen molar-refractivity contribution in [3.63, 3.8) is 0 Å². The fourth-order valence-corrected chi connectivity index (χ4v) is 1.75. The zero-order valence-corrected chi connectivity index (χ0v) is 11.1. The van der Waals surface area contributed by atoms with Gasteiger partial charge in [-0.05, 0) is 50.4 Å². The normalized spacial score (nSPS) is 11.3. The summed E-state index contributed by atoms with van der Waals surface area (Å²) < 4.78 is 15.8. The first-order valence-corrected chi connectivity index (χ1v) is 6.19. The first kappa shape index (κ1) is 12.1. The molecule has 0 spiro atoms. The Bertz CT molecular complexity index is 369. The van der Waals surface area contributed by atoms with Crippen LogP contribution in [-0.4, -0.2) is 4.89 Å². The van der Waals surface area contributed by atoms with Gasteiger partial charge in [-0.3, -0.25) is 4.89 Å². The summed E-state index contributed by atoms with van der Waals surface area (Å²) in [6.45, 7) is 1.91. The van der Waals surface area contributed by atoms with Crippen LogP contribution in [0.25, 0.3) is 0 Å². The molecule has 0 aliphatic rings. The number of rotatable bonds is 3. The summed E-state index contributed by atoms with van der Waals surface area (Å²) in [4.78, 5) is 13.0. The van der Waals surface area contributed by atoms with Gasteiger partial charge in [0.15, 0.2) is 5.75 Å². The van der Waals surface area contributed by atoms with E-state index in [1.54, 1.807) is 12.1 Å². The van der Waals surface area contributed by atoms with E-state index in [4.69, 9.17) is 4.89 Å². The molecule has 1 aromatic rings. The van der Waals surface area contributed by atoms with Gasteiger partial charge in [-0.25, -0.2) is 4.57 Å². The number of hydrogen-bond donors (Lipinski definition) is 1. The van der Waals surface area contributed by atoms with Crippen molar-refractivity contribution in [2.45, 2.75) is 6.92 Å². The average Bonchev–Trinajstić information content (AvgIpc) is 2.13. The van der Waals surface area contributed by atoms with Gasteiger partial charge in [-0.2, -0.15) is 0 Å². The number of benzene rings is 1. The van der Waals surface area contributed by atoms with Crippen LogP contribution in [0.3, 0.4) is 0 Å². The van der Waals surface area contributed by atoms with Crippen molar-refractivity contribution in [1.29, 1.82) is 0 Å². The van der Waals surface area contributed by atoms with Gasteiger partial charge >= 0.3 is 8.25 Å². The molecule has 0 saturated carbocycles. The Kier molecular flexibility index (Phi) is 4.47. The molecule has 1 atom stereocenters. The lowest BCUT2D eigenvalue weighted by Gasteiger charge is -2.06. The van der Waals surface area contributed by atoms with Gasteiger partial charge in [0, 0.05) is 4.47 Å². The Morgan fingerprint density at radius 2 is 2.00 bits per heavy atom. The Morgan fingerprint density at radius 3 is 2.57 bits per heavy atom. The molecule has 77 valence electrons. The van der Waals surface area contributed by atoms with Crippen molar-refractivity contribution in [3.05, 3.63) is 26.6 Å². The first-order valence-electron chi connectivity index (χ1n) is 3.47. The fourth-order valence-electron chi connectivity index (χ4n) is 0.765. The molecule has 1 unspecified atom stereocenters. The third-order valence-electron chi connectivity index (χ3n) is 1.43. The summed E-state index contributed by atoms with van der Waals surface area (Å²) in [6, 6.07) is 3.42. The Balaban J connectivity index is 2.88. The van der Waals surface area contributed by atoms with Crippen molar-refractivity contribution in [3.8, 4) is 5.75 Å². The van der Waals surface area contributed by atoms with Gasteiger partial charge in [0.2, 0.25) is 0 Å². The Morgan fingerprint density at radius 1 is 1.36 bits per heavy atom.